The average Bonchev–Trinajstić information content (AvgIpc) is 2.80. The number of oxazole rings is 1. The number of hydrogen-bond donors (Lipinski definition) is 1. The van der Waals surface area contributed by atoms with E-state index in [0.29, 0.717) is 17.3 Å². The summed E-state index contributed by atoms with van der Waals surface area (Å²) in [6.07, 6.45) is 2.16. The minimum atomic E-state index is -0.00116. The smallest absolute Gasteiger partial charge is 0.198 e. The second-order valence-corrected chi connectivity index (χ2v) is 4.43. The summed E-state index contributed by atoms with van der Waals surface area (Å²) in [7, 11) is 0. The van der Waals surface area contributed by atoms with Gasteiger partial charge in [0.05, 0.1) is 18.7 Å². The number of halogens is 1. The first-order chi connectivity index (χ1) is 8.20. The van der Waals surface area contributed by atoms with Crippen molar-refractivity contribution in [2.45, 2.75) is 19.3 Å². The molecule has 2 rings (SSSR count). The number of aromatic nitrogens is 1. The van der Waals surface area contributed by atoms with Gasteiger partial charge >= 0.3 is 0 Å². The number of nitrogens with zero attached hydrogens (tertiary/aromatic N) is 1. The Hall–Kier alpha value is -1.32. The van der Waals surface area contributed by atoms with Crippen LogP contribution in [0.1, 0.15) is 30.0 Å². The molecule has 1 aromatic heterocycles. The fraction of sp³-hybridized carbons (Fsp3) is 0.308. The summed E-state index contributed by atoms with van der Waals surface area (Å²) < 4.78 is 5.37. The molecule has 1 aromatic carbocycles. The van der Waals surface area contributed by atoms with Gasteiger partial charge in [0, 0.05) is 10.9 Å². The molecule has 0 aliphatic carbocycles. The van der Waals surface area contributed by atoms with Crippen LogP contribution in [0.4, 0.5) is 0 Å². The third-order valence-electron chi connectivity index (χ3n) is 2.65. The van der Waals surface area contributed by atoms with E-state index in [2.05, 4.69) is 4.98 Å². The molecule has 1 heterocycles. The topological polar surface area (TPSA) is 46.3 Å². The van der Waals surface area contributed by atoms with Gasteiger partial charge in [0.2, 0.25) is 0 Å². The Morgan fingerprint density at radius 1 is 1.41 bits per heavy atom. The molecule has 0 fully saturated rings. The van der Waals surface area contributed by atoms with E-state index in [9.17, 15) is 0 Å². The molecule has 0 saturated carbocycles. The molecule has 0 aliphatic heterocycles. The molecule has 1 unspecified atom stereocenters. The molecule has 0 spiro atoms. The van der Waals surface area contributed by atoms with Crippen molar-refractivity contribution >= 4 is 11.6 Å². The highest BCUT2D eigenvalue weighted by molar-refractivity contribution is 6.31. The van der Waals surface area contributed by atoms with Gasteiger partial charge in [-0.2, -0.15) is 0 Å². The first-order valence-corrected chi connectivity index (χ1v) is 5.87. The van der Waals surface area contributed by atoms with Crippen LogP contribution in [0.15, 0.2) is 34.9 Å². The lowest BCUT2D eigenvalue weighted by atomic mass is 10.1. The van der Waals surface area contributed by atoms with E-state index in [4.69, 9.17) is 21.1 Å². The van der Waals surface area contributed by atoms with Gasteiger partial charge in [-0.25, -0.2) is 4.98 Å². The highest BCUT2D eigenvalue weighted by Gasteiger charge is 2.11. The van der Waals surface area contributed by atoms with Crippen molar-refractivity contribution in [1.29, 1.82) is 0 Å². The number of rotatable bonds is 4. The van der Waals surface area contributed by atoms with E-state index < -0.39 is 0 Å². The number of aliphatic hydroxyl groups excluding tert-OH is 1. The summed E-state index contributed by atoms with van der Waals surface area (Å²) in [6.45, 7) is 1.97. The minimum Gasteiger partial charge on any atom is -0.448 e. The Bertz CT molecular complexity index is 496. The van der Waals surface area contributed by atoms with Crippen molar-refractivity contribution in [2.75, 3.05) is 6.61 Å². The number of aliphatic hydroxyl groups is 1. The standard InChI is InChI=1S/C13H14ClNO2/c1-9(7-16)12-8-17-13(15-12)6-10-4-2-3-5-11(10)14/h2-5,8-9,16H,6-7H2,1H3. The average molecular weight is 252 g/mol. The van der Waals surface area contributed by atoms with E-state index in [-0.39, 0.29) is 12.5 Å². The Kier molecular flexibility index (Phi) is 3.82. The van der Waals surface area contributed by atoms with Gasteiger partial charge < -0.3 is 9.52 Å². The van der Waals surface area contributed by atoms with Crippen LogP contribution in [-0.4, -0.2) is 16.7 Å². The Balaban J connectivity index is 2.14. The SMILES string of the molecule is CC(CO)c1coc(Cc2ccccc2Cl)n1. The second-order valence-electron chi connectivity index (χ2n) is 4.02. The maximum absolute atomic E-state index is 9.03. The van der Waals surface area contributed by atoms with Crippen LogP contribution in [0.5, 0.6) is 0 Å². The molecule has 0 radical (unpaired) electrons. The lowest BCUT2D eigenvalue weighted by Crippen LogP contribution is -1.99. The largest absolute Gasteiger partial charge is 0.448 e. The van der Waals surface area contributed by atoms with Crippen molar-refractivity contribution in [1.82, 2.24) is 4.98 Å². The second kappa shape index (κ2) is 5.34. The molecular weight excluding hydrogens is 238 g/mol. The third-order valence-corrected chi connectivity index (χ3v) is 3.02. The zero-order valence-electron chi connectivity index (χ0n) is 9.56. The summed E-state index contributed by atoms with van der Waals surface area (Å²) >= 11 is 6.06. The van der Waals surface area contributed by atoms with Gasteiger partial charge in [-0.15, -0.1) is 0 Å². The van der Waals surface area contributed by atoms with Gasteiger partial charge in [0.25, 0.3) is 0 Å². The normalized spacial score (nSPS) is 12.6. The number of hydrogen-bond acceptors (Lipinski definition) is 3. The zero-order chi connectivity index (χ0) is 12.3. The van der Waals surface area contributed by atoms with Gasteiger partial charge in [-0.3, -0.25) is 0 Å². The van der Waals surface area contributed by atoms with E-state index in [0.717, 1.165) is 11.3 Å². The van der Waals surface area contributed by atoms with Gasteiger partial charge in [-0.1, -0.05) is 36.7 Å². The molecule has 0 aliphatic rings. The Labute approximate surface area is 105 Å². The molecule has 0 bridgehead atoms. The van der Waals surface area contributed by atoms with Crippen molar-refractivity contribution in [2.24, 2.45) is 0 Å². The summed E-state index contributed by atoms with van der Waals surface area (Å²) in [5, 5.41) is 9.74. The molecule has 4 heteroatoms. The molecule has 17 heavy (non-hydrogen) atoms. The van der Waals surface area contributed by atoms with Crippen LogP contribution < -0.4 is 0 Å². The highest BCUT2D eigenvalue weighted by Crippen LogP contribution is 2.20. The summed E-state index contributed by atoms with van der Waals surface area (Å²) in [5.41, 5.74) is 1.76. The van der Waals surface area contributed by atoms with Crippen LogP contribution in [0.2, 0.25) is 5.02 Å². The third kappa shape index (κ3) is 2.87. The van der Waals surface area contributed by atoms with Crippen LogP contribution in [-0.2, 0) is 6.42 Å². The lowest BCUT2D eigenvalue weighted by Gasteiger charge is -2.01. The van der Waals surface area contributed by atoms with Crippen molar-refractivity contribution < 1.29 is 9.52 Å². The predicted molar refractivity (Wildman–Crippen MR) is 66.3 cm³/mol. The monoisotopic (exact) mass is 251 g/mol. The Morgan fingerprint density at radius 3 is 2.88 bits per heavy atom. The molecular formula is C13H14ClNO2. The molecule has 2 aromatic rings. The first kappa shape index (κ1) is 12.1. The van der Waals surface area contributed by atoms with Crippen LogP contribution in [0, 0.1) is 0 Å². The molecule has 0 saturated heterocycles. The summed E-state index contributed by atoms with van der Waals surface area (Å²) in [4.78, 5) is 4.33. The van der Waals surface area contributed by atoms with E-state index >= 15 is 0 Å². The molecule has 3 nitrogen and oxygen atoms in total. The van der Waals surface area contributed by atoms with E-state index in [1.54, 1.807) is 6.26 Å². The number of benzene rings is 1. The minimum absolute atomic E-state index is 0.00116. The Morgan fingerprint density at radius 2 is 2.18 bits per heavy atom. The molecule has 0 amide bonds. The molecule has 1 N–H and O–H groups in total. The molecule has 1 atom stereocenters. The molecule has 90 valence electrons. The predicted octanol–water partition coefficient (Wildman–Crippen LogP) is 3.01. The fourth-order valence-electron chi connectivity index (χ4n) is 1.53. The first-order valence-electron chi connectivity index (χ1n) is 5.49. The van der Waals surface area contributed by atoms with Crippen LogP contribution >= 0.6 is 11.6 Å². The lowest BCUT2D eigenvalue weighted by molar-refractivity contribution is 0.271. The maximum atomic E-state index is 9.03. The fourth-order valence-corrected chi connectivity index (χ4v) is 1.73. The van der Waals surface area contributed by atoms with Gasteiger partial charge in [-0.05, 0) is 11.6 Å². The van der Waals surface area contributed by atoms with Crippen molar-refractivity contribution in [3.05, 3.63) is 52.7 Å². The quantitative estimate of drug-likeness (QED) is 0.909. The van der Waals surface area contributed by atoms with E-state index in [1.807, 2.05) is 31.2 Å². The van der Waals surface area contributed by atoms with Gasteiger partial charge in [0.1, 0.15) is 6.26 Å². The van der Waals surface area contributed by atoms with Crippen LogP contribution in [0.25, 0.3) is 0 Å². The van der Waals surface area contributed by atoms with Crippen molar-refractivity contribution in [3.8, 4) is 0 Å². The summed E-state index contributed by atoms with van der Waals surface area (Å²) in [6, 6.07) is 7.61. The highest BCUT2D eigenvalue weighted by atomic mass is 35.5. The summed E-state index contributed by atoms with van der Waals surface area (Å²) in [5.74, 6) is 0.618. The maximum Gasteiger partial charge on any atom is 0.198 e. The van der Waals surface area contributed by atoms with Crippen molar-refractivity contribution in [3.63, 3.8) is 0 Å². The van der Waals surface area contributed by atoms with Crippen LogP contribution in [0.3, 0.4) is 0 Å². The van der Waals surface area contributed by atoms with E-state index in [1.165, 1.54) is 0 Å². The van der Waals surface area contributed by atoms with Gasteiger partial charge in [0.15, 0.2) is 5.89 Å². The zero-order valence-corrected chi connectivity index (χ0v) is 10.3.